The van der Waals surface area contributed by atoms with Gasteiger partial charge in [0.05, 0.1) is 11.3 Å². The van der Waals surface area contributed by atoms with Crippen LogP contribution >= 0.6 is 0 Å². The summed E-state index contributed by atoms with van der Waals surface area (Å²) in [5.74, 6) is 0.151. The number of nitrogens with one attached hydrogen (secondary N) is 1. The molecule has 0 radical (unpaired) electrons. The lowest BCUT2D eigenvalue weighted by molar-refractivity contribution is -0.119. The number of hydrogen-bond donors (Lipinski definition) is 1. The molecule has 0 bridgehead atoms. The molecule has 5 heteroatoms. The molecule has 148 valence electrons. The Labute approximate surface area is 173 Å². The average Bonchev–Trinajstić information content (AvgIpc) is 2.79. The van der Waals surface area contributed by atoms with Crippen molar-refractivity contribution in [3.8, 4) is 11.5 Å². The first-order chi connectivity index (χ1) is 14.7. The lowest BCUT2D eigenvalue weighted by Gasteiger charge is -2.12. The van der Waals surface area contributed by atoms with E-state index < -0.39 is 18.5 Å². The Morgan fingerprint density at radius 1 is 0.733 bits per heavy atom. The van der Waals surface area contributed by atoms with Gasteiger partial charge in [0.15, 0.2) is 12.4 Å². The first kappa shape index (κ1) is 19.2. The van der Waals surface area contributed by atoms with Crippen molar-refractivity contribution < 1.29 is 19.1 Å². The molecular formula is C25H19NO4. The fraction of sp³-hybridized carbons (Fsp3) is 0.0400. The van der Waals surface area contributed by atoms with E-state index in [-0.39, 0.29) is 0 Å². The van der Waals surface area contributed by atoms with Gasteiger partial charge in [-0.05, 0) is 47.2 Å². The molecule has 4 aromatic rings. The van der Waals surface area contributed by atoms with Crippen molar-refractivity contribution in [2.75, 3.05) is 11.9 Å². The van der Waals surface area contributed by atoms with E-state index in [1.54, 1.807) is 30.3 Å². The molecule has 0 aliphatic rings. The number of amides is 1. The normalized spacial score (nSPS) is 10.4. The fourth-order valence-electron chi connectivity index (χ4n) is 2.99. The van der Waals surface area contributed by atoms with Gasteiger partial charge in [0.2, 0.25) is 0 Å². The molecular weight excluding hydrogens is 378 g/mol. The molecule has 0 saturated heterocycles. The smallest absolute Gasteiger partial charge is 0.338 e. The van der Waals surface area contributed by atoms with Crippen LogP contribution in [0.15, 0.2) is 97.1 Å². The highest BCUT2D eigenvalue weighted by molar-refractivity contribution is 5.98. The molecule has 0 unspecified atom stereocenters. The molecule has 1 amide bonds. The van der Waals surface area contributed by atoms with Crippen LogP contribution in [0, 0.1) is 0 Å². The molecule has 0 aromatic heterocycles. The van der Waals surface area contributed by atoms with Crippen molar-refractivity contribution in [2.45, 2.75) is 0 Å². The second-order valence-electron chi connectivity index (χ2n) is 6.60. The van der Waals surface area contributed by atoms with Gasteiger partial charge in [-0.25, -0.2) is 4.79 Å². The molecule has 0 saturated carbocycles. The zero-order chi connectivity index (χ0) is 20.8. The third kappa shape index (κ3) is 4.64. The average molecular weight is 397 g/mol. The van der Waals surface area contributed by atoms with Crippen molar-refractivity contribution in [3.63, 3.8) is 0 Å². The summed E-state index contributed by atoms with van der Waals surface area (Å²) in [6, 6.07) is 29.4. The Bertz CT molecular complexity index is 1190. The second-order valence-corrected chi connectivity index (χ2v) is 6.60. The van der Waals surface area contributed by atoms with Crippen LogP contribution in [0.3, 0.4) is 0 Å². The van der Waals surface area contributed by atoms with E-state index in [1.165, 1.54) is 0 Å². The number of benzene rings is 4. The number of hydrogen-bond acceptors (Lipinski definition) is 4. The number of anilines is 1. The Morgan fingerprint density at radius 2 is 1.43 bits per heavy atom. The van der Waals surface area contributed by atoms with E-state index in [1.807, 2.05) is 66.7 Å². The lowest BCUT2D eigenvalue weighted by atomic mass is 10.1. The first-order valence-electron chi connectivity index (χ1n) is 9.47. The minimum absolute atomic E-state index is 0.397. The molecule has 0 atom stereocenters. The van der Waals surface area contributed by atoms with Crippen LogP contribution in [-0.2, 0) is 9.53 Å². The summed E-state index contributed by atoms with van der Waals surface area (Å²) >= 11 is 0. The number of carbonyl (C=O) groups is 2. The monoisotopic (exact) mass is 397 g/mol. The van der Waals surface area contributed by atoms with Gasteiger partial charge in [-0.1, -0.05) is 60.7 Å². The van der Waals surface area contributed by atoms with Crippen molar-refractivity contribution in [3.05, 3.63) is 103 Å². The summed E-state index contributed by atoms with van der Waals surface area (Å²) in [7, 11) is 0. The third-order valence-electron chi connectivity index (χ3n) is 4.45. The maximum atomic E-state index is 12.3. The van der Waals surface area contributed by atoms with E-state index in [0.29, 0.717) is 22.7 Å². The summed E-state index contributed by atoms with van der Waals surface area (Å²) in [4.78, 5) is 24.6. The van der Waals surface area contributed by atoms with Crippen LogP contribution in [0.1, 0.15) is 10.4 Å². The molecule has 0 heterocycles. The van der Waals surface area contributed by atoms with Gasteiger partial charge in [0.25, 0.3) is 5.91 Å². The van der Waals surface area contributed by atoms with Crippen molar-refractivity contribution >= 4 is 28.3 Å². The van der Waals surface area contributed by atoms with Crippen LogP contribution in [0.5, 0.6) is 11.5 Å². The largest absolute Gasteiger partial charge is 0.455 e. The zero-order valence-corrected chi connectivity index (χ0v) is 16.1. The van der Waals surface area contributed by atoms with E-state index in [9.17, 15) is 9.59 Å². The van der Waals surface area contributed by atoms with E-state index in [0.717, 1.165) is 10.8 Å². The number of rotatable bonds is 6. The third-order valence-corrected chi connectivity index (χ3v) is 4.45. The van der Waals surface area contributed by atoms with Crippen molar-refractivity contribution in [1.82, 2.24) is 0 Å². The van der Waals surface area contributed by atoms with E-state index in [2.05, 4.69) is 5.32 Å². The van der Waals surface area contributed by atoms with E-state index in [4.69, 9.17) is 9.47 Å². The van der Waals surface area contributed by atoms with Crippen LogP contribution in [0.4, 0.5) is 5.69 Å². The van der Waals surface area contributed by atoms with Gasteiger partial charge in [-0.15, -0.1) is 0 Å². The van der Waals surface area contributed by atoms with Crippen LogP contribution in [0.25, 0.3) is 10.8 Å². The highest BCUT2D eigenvalue weighted by Gasteiger charge is 2.13. The highest BCUT2D eigenvalue weighted by atomic mass is 16.5. The quantitative estimate of drug-likeness (QED) is 0.441. The summed E-state index contributed by atoms with van der Waals surface area (Å²) < 4.78 is 11.0. The van der Waals surface area contributed by atoms with Crippen LogP contribution in [-0.4, -0.2) is 18.5 Å². The van der Waals surface area contributed by atoms with Crippen molar-refractivity contribution in [1.29, 1.82) is 0 Å². The SMILES string of the molecule is O=C(COC(=O)c1ccc2ccccc2c1)Nc1ccccc1Oc1ccccc1. The minimum Gasteiger partial charge on any atom is -0.455 e. The summed E-state index contributed by atoms with van der Waals surface area (Å²) in [6.45, 7) is -0.397. The summed E-state index contributed by atoms with van der Waals surface area (Å²) in [5.41, 5.74) is 0.891. The summed E-state index contributed by atoms with van der Waals surface area (Å²) in [6.07, 6.45) is 0. The van der Waals surface area contributed by atoms with Crippen molar-refractivity contribution in [2.24, 2.45) is 0 Å². The predicted octanol–water partition coefficient (Wildman–Crippen LogP) is 5.43. The Kier molecular flexibility index (Phi) is 5.71. The molecule has 4 rings (SSSR count). The molecule has 30 heavy (non-hydrogen) atoms. The molecule has 0 aliphatic carbocycles. The minimum atomic E-state index is -0.551. The van der Waals surface area contributed by atoms with Gasteiger partial charge in [0, 0.05) is 0 Å². The number of ether oxygens (including phenoxy) is 2. The number of fused-ring (bicyclic) bond motifs is 1. The highest BCUT2D eigenvalue weighted by Crippen LogP contribution is 2.29. The topological polar surface area (TPSA) is 64.6 Å². The lowest BCUT2D eigenvalue weighted by Crippen LogP contribution is -2.21. The number of para-hydroxylation sites is 3. The van der Waals surface area contributed by atoms with Gasteiger partial charge >= 0.3 is 5.97 Å². The Morgan fingerprint density at radius 3 is 2.27 bits per heavy atom. The van der Waals surface area contributed by atoms with Gasteiger partial charge in [0.1, 0.15) is 5.75 Å². The molecule has 5 nitrogen and oxygen atoms in total. The Balaban J connectivity index is 1.38. The predicted molar refractivity (Wildman–Crippen MR) is 116 cm³/mol. The fourth-order valence-corrected chi connectivity index (χ4v) is 2.99. The maximum absolute atomic E-state index is 12.3. The first-order valence-corrected chi connectivity index (χ1v) is 9.47. The van der Waals surface area contributed by atoms with Crippen LogP contribution < -0.4 is 10.1 Å². The number of carbonyl (C=O) groups excluding carboxylic acids is 2. The second kappa shape index (κ2) is 8.92. The van der Waals surface area contributed by atoms with E-state index >= 15 is 0 Å². The molecule has 0 aliphatic heterocycles. The number of esters is 1. The van der Waals surface area contributed by atoms with Gasteiger partial charge in [-0.3, -0.25) is 4.79 Å². The summed E-state index contributed by atoms with van der Waals surface area (Å²) in [5, 5.41) is 4.69. The molecule has 4 aromatic carbocycles. The molecule has 0 fully saturated rings. The van der Waals surface area contributed by atoms with Gasteiger partial charge < -0.3 is 14.8 Å². The maximum Gasteiger partial charge on any atom is 0.338 e. The van der Waals surface area contributed by atoms with Gasteiger partial charge in [-0.2, -0.15) is 0 Å². The molecule has 0 spiro atoms. The zero-order valence-electron chi connectivity index (χ0n) is 16.1. The standard InChI is InChI=1S/C25H19NO4/c27-24(17-29-25(28)20-15-14-18-8-4-5-9-19(18)16-20)26-22-12-6-7-13-23(22)30-21-10-2-1-3-11-21/h1-16H,17H2,(H,26,27). The Hall–Kier alpha value is -4.12. The van der Waals surface area contributed by atoms with Crippen LogP contribution in [0.2, 0.25) is 0 Å². The molecule has 1 N–H and O–H groups in total.